The Bertz CT molecular complexity index is 516. The maximum atomic E-state index is 5.96. The minimum atomic E-state index is 0.271. The number of nitrogens with one attached hydrogen (secondary N) is 1. The summed E-state index contributed by atoms with van der Waals surface area (Å²) in [7, 11) is 0. The van der Waals surface area contributed by atoms with Crippen molar-refractivity contribution in [3.63, 3.8) is 0 Å². The smallest absolute Gasteiger partial charge is 0.0548 e. The van der Waals surface area contributed by atoms with Gasteiger partial charge in [0.1, 0.15) is 0 Å². The van der Waals surface area contributed by atoms with Gasteiger partial charge >= 0.3 is 0 Å². The molecular weight excluding hydrogens is 312 g/mol. The quantitative estimate of drug-likeness (QED) is 0.904. The molecule has 2 rings (SSSR count). The summed E-state index contributed by atoms with van der Waals surface area (Å²) in [6.45, 7) is 2.92. The summed E-state index contributed by atoms with van der Waals surface area (Å²) in [4.78, 5) is 4.12. The standard InChI is InChI=1S/C14H14BrClN2/c1-10(12-3-2-6-17-9-12)18-8-11-4-5-14(16)13(15)7-11/h2-7,9-10,18H,8H2,1H3. The minimum absolute atomic E-state index is 0.271. The lowest BCUT2D eigenvalue weighted by Crippen LogP contribution is -2.18. The fourth-order valence-corrected chi connectivity index (χ4v) is 2.21. The molecular formula is C14H14BrClN2. The average molecular weight is 326 g/mol. The summed E-state index contributed by atoms with van der Waals surface area (Å²) in [5.74, 6) is 0. The van der Waals surface area contributed by atoms with Gasteiger partial charge in [-0.2, -0.15) is 0 Å². The van der Waals surface area contributed by atoms with Crippen LogP contribution in [0.1, 0.15) is 24.1 Å². The summed E-state index contributed by atoms with van der Waals surface area (Å²) in [5, 5.41) is 4.19. The lowest BCUT2D eigenvalue weighted by molar-refractivity contribution is 0.573. The molecule has 0 amide bonds. The molecule has 1 aromatic heterocycles. The number of pyridine rings is 1. The molecule has 94 valence electrons. The molecule has 1 N–H and O–H groups in total. The lowest BCUT2D eigenvalue weighted by Gasteiger charge is -2.14. The van der Waals surface area contributed by atoms with Gasteiger partial charge in [-0.1, -0.05) is 23.7 Å². The van der Waals surface area contributed by atoms with E-state index in [1.54, 1.807) is 6.20 Å². The fraction of sp³-hybridized carbons (Fsp3) is 0.214. The number of benzene rings is 1. The number of rotatable bonds is 4. The van der Waals surface area contributed by atoms with Gasteiger partial charge in [0.2, 0.25) is 0 Å². The third-order valence-electron chi connectivity index (χ3n) is 2.78. The van der Waals surface area contributed by atoms with Crippen molar-refractivity contribution in [2.75, 3.05) is 0 Å². The van der Waals surface area contributed by atoms with Crippen molar-refractivity contribution in [2.45, 2.75) is 19.5 Å². The molecule has 0 aliphatic rings. The molecule has 1 aromatic carbocycles. The van der Waals surface area contributed by atoms with Crippen LogP contribution in [0.5, 0.6) is 0 Å². The van der Waals surface area contributed by atoms with Crippen LogP contribution >= 0.6 is 27.5 Å². The largest absolute Gasteiger partial charge is 0.306 e. The third-order valence-corrected chi connectivity index (χ3v) is 3.99. The first kappa shape index (κ1) is 13.5. The Hall–Kier alpha value is -0.900. The Morgan fingerprint density at radius 2 is 2.22 bits per heavy atom. The summed E-state index contributed by atoms with van der Waals surface area (Å²) in [6, 6.07) is 10.3. The van der Waals surface area contributed by atoms with Crippen LogP contribution in [0.15, 0.2) is 47.2 Å². The van der Waals surface area contributed by atoms with E-state index in [0.29, 0.717) is 0 Å². The van der Waals surface area contributed by atoms with Crippen LogP contribution in [-0.2, 0) is 6.54 Å². The summed E-state index contributed by atoms with van der Waals surface area (Å²) < 4.78 is 0.928. The summed E-state index contributed by atoms with van der Waals surface area (Å²) in [6.07, 6.45) is 3.67. The zero-order valence-electron chi connectivity index (χ0n) is 10.0. The number of aromatic nitrogens is 1. The molecule has 0 radical (unpaired) electrons. The van der Waals surface area contributed by atoms with Gasteiger partial charge in [0.05, 0.1) is 5.02 Å². The van der Waals surface area contributed by atoms with Gasteiger partial charge in [-0.3, -0.25) is 4.98 Å². The van der Waals surface area contributed by atoms with E-state index >= 15 is 0 Å². The first-order valence-corrected chi connectivity index (χ1v) is 6.91. The normalized spacial score (nSPS) is 12.4. The molecule has 0 fully saturated rings. The maximum Gasteiger partial charge on any atom is 0.0548 e. The van der Waals surface area contributed by atoms with Crippen LogP contribution in [0, 0.1) is 0 Å². The topological polar surface area (TPSA) is 24.9 Å². The molecule has 0 aliphatic carbocycles. The van der Waals surface area contributed by atoms with E-state index < -0.39 is 0 Å². The molecule has 1 unspecified atom stereocenters. The Morgan fingerprint density at radius 1 is 1.39 bits per heavy atom. The predicted octanol–water partition coefficient (Wildman–Crippen LogP) is 4.35. The molecule has 2 nitrogen and oxygen atoms in total. The molecule has 18 heavy (non-hydrogen) atoms. The Balaban J connectivity index is 1.97. The van der Waals surface area contributed by atoms with Crippen LogP contribution in [0.4, 0.5) is 0 Å². The number of hydrogen-bond donors (Lipinski definition) is 1. The van der Waals surface area contributed by atoms with E-state index in [4.69, 9.17) is 11.6 Å². The van der Waals surface area contributed by atoms with Crippen molar-refractivity contribution in [2.24, 2.45) is 0 Å². The highest BCUT2D eigenvalue weighted by molar-refractivity contribution is 9.10. The van der Waals surface area contributed by atoms with Crippen LogP contribution in [0.2, 0.25) is 5.02 Å². The third kappa shape index (κ3) is 3.55. The first-order valence-electron chi connectivity index (χ1n) is 5.74. The molecule has 1 atom stereocenters. The SMILES string of the molecule is CC(NCc1ccc(Cl)c(Br)c1)c1cccnc1. The van der Waals surface area contributed by atoms with E-state index in [0.717, 1.165) is 16.0 Å². The van der Waals surface area contributed by atoms with Crippen LogP contribution < -0.4 is 5.32 Å². The van der Waals surface area contributed by atoms with Crippen molar-refractivity contribution < 1.29 is 0 Å². The average Bonchev–Trinajstić information content (AvgIpc) is 2.41. The van der Waals surface area contributed by atoms with Crippen molar-refractivity contribution in [3.8, 4) is 0 Å². The Labute approximate surface area is 121 Å². The summed E-state index contributed by atoms with van der Waals surface area (Å²) in [5.41, 5.74) is 2.38. The second kappa shape index (κ2) is 6.32. The zero-order chi connectivity index (χ0) is 13.0. The second-order valence-corrected chi connectivity index (χ2v) is 5.40. The molecule has 0 bridgehead atoms. The fourth-order valence-electron chi connectivity index (χ4n) is 1.67. The van der Waals surface area contributed by atoms with E-state index in [2.05, 4.69) is 39.2 Å². The van der Waals surface area contributed by atoms with E-state index in [1.165, 1.54) is 11.1 Å². The molecule has 1 heterocycles. The number of nitrogens with zero attached hydrogens (tertiary/aromatic N) is 1. The van der Waals surface area contributed by atoms with Gasteiger partial charge in [0.15, 0.2) is 0 Å². The van der Waals surface area contributed by atoms with Crippen molar-refractivity contribution in [1.29, 1.82) is 0 Å². The molecule has 4 heteroatoms. The zero-order valence-corrected chi connectivity index (χ0v) is 12.4. The molecule has 0 saturated carbocycles. The Morgan fingerprint density at radius 3 is 2.89 bits per heavy atom. The van der Waals surface area contributed by atoms with Crippen LogP contribution in [0.25, 0.3) is 0 Å². The van der Waals surface area contributed by atoms with Crippen LogP contribution in [0.3, 0.4) is 0 Å². The van der Waals surface area contributed by atoms with E-state index in [-0.39, 0.29) is 6.04 Å². The highest BCUT2D eigenvalue weighted by Gasteiger charge is 2.05. The molecule has 2 aromatic rings. The number of hydrogen-bond acceptors (Lipinski definition) is 2. The van der Waals surface area contributed by atoms with Crippen LogP contribution in [-0.4, -0.2) is 4.98 Å². The van der Waals surface area contributed by atoms with Gasteiger partial charge in [0.25, 0.3) is 0 Å². The molecule has 0 aliphatic heterocycles. The van der Waals surface area contributed by atoms with Crippen molar-refractivity contribution >= 4 is 27.5 Å². The van der Waals surface area contributed by atoms with Gasteiger partial charge < -0.3 is 5.32 Å². The van der Waals surface area contributed by atoms with Crippen molar-refractivity contribution in [1.82, 2.24) is 10.3 Å². The first-order chi connectivity index (χ1) is 8.66. The second-order valence-electron chi connectivity index (χ2n) is 4.14. The van der Waals surface area contributed by atoms with Gasteiger partial charge in [0, 0.05) is 29.5 Å². The predicted molar refractivity (Wildman–Crippen MR) is 78.6 cm³/mol. The number of halogens is 2. The highest BCUT2D eigenvalue weighted by Crippen LogP contribution is 2.23. The monoisotopic (exact) mass is 324 g/mol. The summed E-state index contributed by atoms with van der Waals surface area (Å²) >= 11 is 9.39. The highest BCUT2D eigenvalue weighted by atomic mass is 79.9. The van der Waals surface area contributed by atoms with Gasteiger partial charge in [-0.05, 0) is 52.2 Å². The lowest BCUT2D eigenvalue weighted by atomic mass is 10.1. The van der Waals surface area contributed by atoms with Gasteiger partial charge in [-0.25, -0.2) is 0 Å². The minimum Gasteiger partial charge on any atom is -0.306 e. The van der Waals surface area contributed by atoms with E-state index in [9.17, 15) is 0 Å². The Kier molecular flexibility index (Phi) is 4.75. The molecule has 0 saturated heterocycles. The molecule has 0 spiro atoms. The van der Waals surface area contributed by atoms with E-state index in [1.807, 2.05) is 30.5 Å². The maximum absolute atomic E-state index is 5.96. The van der Waals surface area contributed by atoms with Crippen molar-refractivity contribution in [3.05, 3.63) is 63.3 Å². The van der Waals surface area contributed by atoms with Gasteiger partial charge in [-0.15, -0.1) is 0 Å².